The third-order valence-corrected chi connectivity index (χ3v) is 3.05. The van der Waals surface area contributed by atoms with Crippen LogP contribution in [0.1, 0.15) is 46.6 Å². The molecule has 1 rings (SSSR count). The van der Waals surface area contributed by atoms with Gasteiger partial charge in [-0.3, -0.25) is 9.59 Å². The number of carbonyl (C=O) groups is 2. The Hall–Kier alpha value is -1.84. The Morgan fingerprint density at radius 1 is 1.10 bits per heavy atom. The molecule has 1 aromatic rings. The number of rotatable bonds is 5. The van der Waals surface area contributed by atoms with Crippen LogP contribution >= 0.6 is 0 Å². The van der Waals surface area contributed by atoms with Crippen LogP contribution in [-0.4, -0.2) is 18.4 Å². The molecule has 0 aromatic heterocycles. The molecular weight excluding hydrogens is 264 g/mol. The van der Waals surface area contributed by atoms with Crippen LogP contribution in [0, 0.1) is 5.92 Å². The van der Waals surface area contributed by atoms with Gasteiger partial charge in [0.05, 0.1) is 6.54 Å². The van der Waals surface area contributed by atoms with Crippen molar-refractivity contribution in [2.45, 2.75) is 46.5 Å². The highest BCUT2D eigenvalue weighted by Crippen LogP contribution is 2.29. The first kappa shape index (κ1) is 17.2. The number of para-hydroxylation sites is 1. The van der Waals surface area contributed by atoms with Crippen LogP contribution in [0.25, 0.3) is 0 Å². The van der Waals surface area contributed by atoms with E-state index in [-0.39, 0.29) is 29.7 Å². The van der Waals surface area contributed by atoms with Crippen molar-refractivity contribution in [1.29, 1.82) is 0 Å². The van der Waals surface area contributed by atoms with Gasteiger partial charge in [0.1, 0.15) is 0 Å². The average Bonchev–Trinajstić information content (AvgIpc) is 2.35. The number of nitrogens with one attached hydrogen (secondary N) is 2. The van der Waals surface area contributed by atoms with Gasteiger partial charge in [0, 0.05) is 12.1 Å². The lowest BCUT2D eigenvalue weighted by Crippen LogP contribution is -2.33. The maximum atomic E-state index is 12.0. The van der Waals surface area contributed by atoms with E-state index in [1.807, 2.05) is 38.1 Å². The van der Waals surface area contributed by atoms with E-state index >= 15 is 0 Å². The lowest BCUT2D eigenvalue weighted by atomic mass is 9.86. The number of carbonyl (C=O) groups excluding carboxylic acids is 2. The summed E-state index contributed by atoms with van der Waals surface area (Å²) in [5.41, 5.74) is 1.82. The molecule has 0 spiro atoms. The van der Waals surface area contributed by atoms with Crippen molar-refractivity contribution in [2.24, 2.45) is 5.92 Å². The zero-order valence-electron chi connectivity index (χ0n) is 13.6. The molecule has 0 heterocycles. The topological polar surface area (TPSA) is 58.2 Å². The Balaban J connectivity index is 2.62. The van der Waals surface area contributed by atoms with Gasteiger partial charge in [0.2, 0.25) is 11.8 Å². The average molecular weight is 290 g/mol. The fraction of sp³-hybridized carbons (Fsp3) is 0.529. The van der Waals surface area contributed by atoms with Crippen molar-refractivity contribution in [3.05, 3.63) is 29.8 Å². The summed E-state index contributed by atoms with van der Waals surface area (Å²) in [6.45, 7) is 10.2. The van der Waals surface area contributed by atoms with E-state index in [1.165, 1.54) is 0 Å². The summed E-state index contributed by atoms with van der Waals surface area (Å²) in [5, 5.41) is 5.51. The third kappa shape index (κ3) is 5.98. The Morgan fingerprint density at radius 3 is 2.29 bits per heavy atom. The maximum Gasteiger partial charge on any atom is 0.243 e. The fourth-order valence-corrected chi connectivity index (χ4v) is 2.06. The molecule has 116 valence electrons. The van der Waals surface area contributed by atoms with Crippen LogP contribution in [0.2, 0.25) is 0 Å². The van der Waals surface area contributed by atoms with Crippen molar-refractivity contribution in [1.82, 2.24) is 5.32 Å². The van der Waals surface area contributed by atoms with Crippen molar-refractivity contribution >= 4 is 17.5 Å². The Kier molecular flexibility index (Phi) is 5.94. The van der Waals surface area contributed by atoms with Gasteiger partial charge >= 0.3 is 0 Å². The zero-order valence-corrected chi connectivity index (χ0v) is 13.6. The SMILES string of the molecule is CC(C)CC(=O)NCC(=O)Nc1ccccc1C(C)(C)C. The molecular formula is C17H26N2O2. The molecule has 0 unspecified atom stereocenters. The van der Waals surface area contributed by atoms with E-state index in [1.54, 1.807) is 0 Å². The normalized spacial score (nSPS) is 11.3. The molecule has 2 amide bonds. The number of hydrogen-bond donors (Lipinski definition) is 2. The molecule has 0 aliphatic heterocycles. The second-order valence-corrected chi connectivity index (χ2v) is 6.72. The van der Waals surface area contributed by atoms with Crippen LogP contribution in [0.15, 0.2) is 24.3 Å². The lowest BCUT2D eigenvalue weighted by Gasteiger charge is -2.23. The number of anilines is 1. The predicted octanol–water partition coefficient (Wildman–Crippen LogP) is 3.08. The van der Waals surface area contributed by atoms with E-state index in [0.717, 1.165) is 11.3 Å². The van der Waals surface area contributed by atoms with Crippen LogP contribution in [-0.2, 0) is 15.0 Å². The van der Waals surface area contributed by atoms with Crippen molar-refractivity contribution in [3.63, 3.8) is 0 Å². The molecule has 4 heteroatoms. The van der Waals surface area contributed by atoms with Gasteiger partial charge in [-0.2, -0.15) is 0 Å². The monoisotopic (exact) mass is 290 g/mol. The van der Waals surface area contributed by atoms with Crippen LogP contribution < -0.4 is 10.6 Å². The number of hydrogen-bond acceptors (Lipinski definition) is 2. The quantitative estimate of drug-likeness (QED) is 0.875. The number of amides is 2. The van der Waals surface area contributed by atoms with Crippen molar-refractivity contribution in [3.8, 4) is 0 Å². The summed E-state index contributed by atoms with van der Waals surface area (Å²) < 4.78 is 0. The molecule has 21 heavy (non-hydrogen) atoms. The molecule has 0 radical (unpaired) electrons. The zero-order chi connectivity index (χ0) is 16.0. The minimum absolute atomic E-state index is 0.00400. The van der Waals surface area contributed by atoms with Crippen LogP contribution in [0.4, 0.5) is 5.69 Å². The van der Waals surface area contributed by atoms with Gasteiger partial charge < -0.3 is 10.6 Å². The molecule has 2 N–H and O–H groups in total. The largest absolute Gasteiger partial charge is 0.347 e. The van der Waals surface area contributed by atoms with Gasteiger partial charge in [-0.15, -0.1) is 0 Å². The summed E-state index contributed by atoms with van der Waals surface area (Å²) in [6, 6.07) is 7.74. The van der Waals surface area contributed by atoms with Crippen LogP contribution in [0.5, 0.6) is 0 Å². The molecule has 0 fully saturated rings. The Labute approximate surface area is 127 Å². The van der Waals surface area contributed by atoms with Gasteiger partial charge in [-0.25, -0.2) is 0 Å². The van der Waals surface area contributed by atoms with Gasteiger partial charge in [-0.1, -0.05) is 52.8 Å². The highest BCUT2D eigenvalue weighted by molar-refractivity contribution is 5.95. The molecule has 0 saturated heterocycles. The van der Waals surface area contributed by atoms with Gasteiger partial charge in [0.15, 0.2) is 0 Å². The summed E-state index contributed by atoms with van der Waals surface area (Å²) in [7, 11) is 0. The molecule has 0 saturated carbocycles. The van der Waals surface area contributed by atoms with Crippen molar-refractivity contribution in [2.75, 3.05) is 11.9 Å². The van der Waals surface area contributed by atoms with E-state index in [4.69, 9.17) is 0 Å². The Morgan fingerprint density at radius 2 is 1.71 bits per heavy atom. The lowest BCUT2D eigenvalue weighted by molar-refractivity contribution is -0.124. The first-order valence-corrected chi connectivity index (χ1v) is 7.36. The molecule has 0 atom stereocenters. The summed E-state index contributed by atoms with van der Waals surface area (Å²) in [4.78, 5) is 23.5. The maximum absolute atomic E-state index is 12.0. The van der Waals surface area contributed by atoms with Gasteiger partial charge in [-0.05, 0) is 23.0 Å². The summed E-state index contributed by atoms with van der Waals surface area (Å²) in [5.74, 6) is -0.0114. The van der Waals surface area contributed by atoms with E-state index in [9.17, 15) is 9.59 Å². The minimum Gasteiger partial charge on any atom is -0.347 e. The smallest absolute Gasteiger partial charge is 0.243 e. The van der Waals surface area contributed by atoms with Crippen LogP contribution in [0.3, 0.4) is 0 Å². The molecule has 4 nitrogen and oxygen atoms in total. The predicted molar refractivity (Wildman–Crippen MR) is 86.2 cm³/mol. The van der Waals surface area contributed by atoms with E-state index < -0.39 is 0 Å². The highest BCUT2D eigenvalue weighted by Gasteiger charge is 2.18. The van der Waals surface area contributed by atoms with E-state index in [0.29, 0.717) is 6.42 Å². The Bertz CT molecular complexity index is 502. The second-order valence-electron chi connectivity index (χ2n) is 6.72. The fourth-order valence-electron chi connectivity index (χ4n) is 2.06. The first-order chi connectivity index (χ1) is 9.70. The molecule has 0 bridgehead atoms. The summed E-state index contributed by atoms with van der Waals surface area (Å²) in [6.07, 6.45) is 0.436. The molecule has 0 aliphatic carbocycles. The number of benzene rings is 1. The van der Waals surface area contributed by atoms with Gasteiger partial charge in [0.25, 0.3) is 0 Å². The van der Waals surface area contributed by atoms with E-state index in [2.05, 4.69) is 31.4 Å². The van der Waals surface area contributed by atoms with Crippen molar-refractivity contribution < 1.29 is 9.59 Å². The standard InChI is InChI=1S/C17H26N2O2/c1-12(2)10-15(20)18-11-16(21)19-14-9-7-6-8-13(14)17(3,4)5/h6-9,12H,10-11H2,1-5H3,(H,18,20)(H,19,21). The minimum atomic E-state index is -0.205. The molecule has 1 aromatic carbocycles. The summed E-state index contributed by atoms with van der Waals surface area (Å²) >= 11 is 0. The molecule has 0 aliphatic rings. The third-order valence-electron chi connectivity index (χ3n) is 3.05. The first-order valence-electron chi connectivity index (χ1n) is 7.36. The second kappa shape index (κ2) is 7.25. The highest BCUT2D eigenvalue weighted by atomic mass is 16.2.